The maximum Gasteiger partial charge on any atom is 0.165 e. The molecule has 0 spiro atoms. The lowest BCUT2D eigenvalue weighted by atomic mass is 9.79. The van der Waals surface area contributed by atoms with E-state index in [0.29, 0.717) is 10.5 Å². The van der Waals surface area contributed by atoms with Gasteiger partial charge in [-0.05, 0) is 23.9 Å². The average Bonchev–Trinajstić information content (AvgIpc) is 3.19. The zero-order valence-corrected chi connectivity index (χ0v) is 17.2. The number of benzene rings is 1. The number of aliphatic hydroxyl groups excluding tert-OH is 4. The number of allylic oxidation sites excluding steroid dienone is 2. The van der Waals surface area contributed by atoms with E-state index in [1.807, 2.05) is 30.3 Å². The lowest BCUT2D eigenvalue weighted by Gasteiger charge is -2.41. The second-order valence-electron chi connectivity index (χ2n) is 7.60. The van der Waals surface area contributed by atoms with Crippen LogP contribution in [0, 0.1) is 5.92 Å². The Morgan fingerprint density at radius 3 is 2.77 bits per heavy atom. The van der Waals surface area contributed by atoms with Crippen LogP contribution in [0.3, 0.4) is 0 Å². The number of ether oxygens (including phenoxy) is 2. The van der Waals surface area contributed by atoms with E-state index in [2.05, 4.69) is 0 Å². The summed E-state index contributed by atoms with van der Waals surface area (Å²) in [6.07, 6.45) is -2.60. The number of aliphatic hydroxyl groups is 4. The zero-order chi connectivity index (χ0) is 21.4. The fourth-order valence-corrected chi connectivity index (χ4v) is 5.14. The second kappa shape index (κ2) is 8.49. The van der Waals surface area contributed by atoms with E-state index in [9.17, 15) is 25.2 Å². The van der Waals surface area contributed by atoms with Crippen molar-refractivity contribution in [2.75, 3.05) is 13.7 Å². The van der Waals surface area contributed by atoms with Gasteiger partial charge in [0.25, 0.3) is 0 Å². The minimum atomic E-state index is -1.27. The van der Waals surface area contributed by atoms with Crippen molar-refractivity contribution in [3.05, 3.63) is 52.6 Å². The van der Waals surface area contributed by atoms with E-state index in [-0.39, 0.29) is 36.8 Å². The number of carbonyl (C=O) groups is 1. The molecule has 30 heavy (non-hydrogen) atoms. The highest BCUT2D eigenvalue weighted by Gasteiger charge is 2.45. The van der Waals surface area contributed by atoms with Gasteiger partial charge < -0.3 is 29.9 Å². The molecule has 1 fully saturated rings. The van der Waals surface area contributed by atoms with Crippen molar-refractivity contribution >= 4 is 33.0 Å². The number of hydrogen-bond acceptors (Lipinski definition) is 8. The van der Waals surface area contributed by atoms with Gasteiger partial charge in [-0.15, -0.1) is 11.3 Å². The van der Waals surface area contributed by atoms with E-state index in [1.54, 1.807) is 0 Å². The van der Waals surface area contributed by atoms with Crippen LogP contribution in [0.25, 0.3) is 15.8 Å². The van der Waals surface area contributed by atoms with E-state index < -0.39 is 30.3 Å². The van der Waals surface area contributed by atoms with Crippen molar-refractivity contribution < 1.29 is 34.7 Å². The summed E-state index contributed by atoms with van der Waals surface area (Å²) in [6.45, 7) is -0.323. The Hall–Kier alpha value is -2.23. The Labute approximate surface area is 177 Å². The van der Waals surface area contributed by atoms with E-state index in [1.165, 1.54) is 24.5 Å². The molecule has 8 heteroatoms. The molecule has 0 bridgehead atoms. The molecule has 1 aliphatic heterocycles. The number of carbonyl (C=O) groups excluding carboxylic acids is 1. The molecule has 0 radical (unpaired) electrons. The first-order valence-electron chi connectivity index (χ1n) is 9.76. The standard InChI is InChI=1S/C22H24O7S/c1-28-17-9-15(24)13(22-21(27)16(25)7-12(10-23)29-22)8-14(17)20(26)19-6-11-4-2-3-5-18(11)30-19/h2-6,9,12-13,16,21-23,25-27H,7-8,10H2,1H3/t12-,13?,16-,21+,22-/m0/s1. The minimum Gasteiger partial charge on any atom is -0.506 e. The van der Waals surface area contributed by atoms with Crippen molar-refractivity contribution in [2.24, 2.45) is 5.92 Å². The number of thiophene rings is 1. The molecule has 2 heterocycles. The third-order valence-corrected chi connectivity index (χ3v) is 6.83. The van der Waals surface area contributed by atoms with Gasteiger partial charge in [-0.2, -0.15) is 0 Å². The SMILES string of the molecule is COC1=CC(=O)C([C@@H]2O[C@H](CO)C[C@H](O)[C@H]2O)CC1=C(O)c1cc2ccccc2s1. The van der Waals surface area contributed by atoms with Crippen LogP contribution < -0.4 is 0 Å². The molecule has 4 N–H and O–H groups in total. The van der Waals surface area contributed by atoms with Crippen LogP contribution in [0.1, 0.15) is 17.7 Å². The summed E-state index contributed by atoms with van der Waals surface area (Å²) >= 11 is 1.42. The molecule has 1 saturated heterocycles. The summed E-state index contributed by atoms with van der Waals surface area (Å²) in [5.74, 6) is -0.883. The Morgan fingerprint density at radius 2 is 2.07 bits per heavy atom. The molecule has 2 aromatic rings. The van der Waals surface area contributed by atoms with E-state index in [0.717, 1.165) is 10.1 Å². The number of methoxy groups -OCH3 is 1. The summed E-state index contributed by atoms with van der Waals surface area (Å²) in [6, 6.07) is 9.63. The highest BCUT2D eigenvalue weighted by atomic mass is 32.1. The van der Waals surface area contributed by atoms with Gasteiger partial charge in [-0.25, -0.2) is 0 Å². The Kier molecular flexibility index (Phi) is 5.95. The summed E-state index contributed by atoms with van der Waals surface area (Å²) in [5.41, 5.74) is 0.435. The quantitative estimate of drug-likeness (QED) is 0.547. The molecule has 160 valence electrons. The van der Waals surface area contributed by atoms with Crippen LogP contribution in [0.4, 0.5) is 0 Å². The lowest BCUT2D eigenvalue weighted by molar-refractivity contribution is -0.193. The summed E-state index contributed by atoms with van der Waals surface area (Å²) in [5, 5.41) is 42.1. The molecule has 1 aliphatic carbocycles. The first kappa shape index (κ1) is 21.0. The summed E-state index contributed by atoms with van der Waals surface area (Å²) < 4.78 is 12.1. The van der Waals surface area contributed by atoms with Crippen molar-refractivity contribution in [2.45, 2.75) is 37.3 Å². The molecular weight excluding hydrogens is 408 g/mol. The van der Waals surface area contributed by atoms with Gasteiger partial charge in [-0.1, -0.05) is 18.2 Å². The summed E-state index contributed by atoms with van der Waals surface area (Å²) in [4.78, 5) is 13.4. The van der Waals surface area contributed by atoms with E-state index >= 15 is 0 Å². The molecule has 1 unspecified atom stereocenters. The third-order valence-electron chi connectivity index (χ3n) is 5.71. The number of hydrogen-bond donors (Lipinski definition) is 4. The van der Waals surface area contributed by atoms with Crippen LogP contribution >= 0.6 is 11.3 Å². The highest BCUT2D eigenvalue weighted by molar-refractivity contribution is 7.20. The van der Waals surface area contributed by atoms with Crippen molar-refractivity contribution in [1.29, 1.82) is 0 Å². The normalized spacial score (nSPS) is 31.5. The molecule has 2 aliphatic rings. The maximum absolute atomic E-state index is 12.8. The second-order valence-corrected chi connectivity index (χ2v) is 8.68. The van der Waals surface area contributed by atoms with Crippen LogP contribution in [-0.2, 0) is 14.3 Å². The maximum atomic E-state index is 12.8. The number of fused-ring (bicyclic) bond motifs is 1. The van der Waals surface area contributed by atoms with Crippen LogP contribution in [0.5, 0.6) is 0 Å². The van der Waals surface area contributed by atoms with Crippen molar-refractivity contribution in [1.82, 2.24) is 0 Å². The Morgan fingerprint density at radius 1 is 1.30 bits per heavy atom. The van der Waals surface area contributed by atoms with Gasteiger partial charge in [0.05, 0.1) is 42.8 Å². The van der Waals surface area contributed by atoms with Gasteiger partial charge in [0.1, 0.15) is 17.6 Å². The van der Waals surface area contributed by atoms with E-state index in [4.69, 9.17) is 9.47 Å². The number of rotatable bonds is 4. The molecule has 5 atom stereocenters. The van der Waals surface area contributed by atoms with Gasteiger partial charge in [-0.3, -0.25) is 4.79 Å². The van der Waals surface area contributed by atoms with Crippen LogP contribution in [0.2, 0.25) is 0 Å². The minimum absolute atomic E-state index is 0.00589. The monoisotopic (exact) mass is 432 g/mol. The molecule has 4 rings (SSSR count). The first-order chi connectivity index (χ1) is 14.4. The Bertz CT molecular complexity index is 975. The first-order valence-corrected chi connectivity index (χ1v) is 10.6. The molecule has 7 nitrogen and oxygen atoms in total. The number of ketones is 1. The van der Waals surface area contributed by atoms with Gasteiger partial charge in [0.15, 0.2) is 5.78 Å². The molecule has 1 aromatic heterocycles. The topological polar surface area (TPSA) is 116 Å². The van der Waals surface area contributed by atoms with Crippen LogP contribution in [-0.4, -0.2) is 64.3 Å². The predicted molar refractivity (Wildman–Crippen MR) is 112 cm³/mol. The highest BCUT2D eigenvalue weighted by Crippen LogP contribution is 2.39. The molecule has 1 aromatic carbocycles. The third kappa shape index (κ3) is 3.77. The molecule has 0 saturated carbocycles. The predicted octanol–water partition coefficient (Wildman–Crippen LogP) is 2.16. The fourth-order valence-electron chi connectivity index (χ4n) is 4.10. The largest absolute Gasteiger partial charge is 0.506 e. The smallest absolute Gasteiger partial charge is 0.165 e. The van der Waals surface area contributed by atoms with Crippen molar-refractivity contribution in [3.8, 4) is 0 Å². The molecular formula is C22H24O7S. The lowest BCUT2D eigenvalue weighted by Crippen LogP contribution is -2.54. The fraction of sp³-hybridized carbons (Fsp3) is 0.409. The molecule has 0 amide bonds. The van der Waals surface area contributed by atoms with Crippen molar-refractivity contribution in [3.63, 3.8) is 0 Å². The van der Waals surface area contributed by atoms with Gasteiger partial charge in [0.2, 0.25) is 0 Å². The van der Waals surface area contributed by atoms with Gasteiger partial charge in [0, 0.05) is 22.8 Å². The van der Waals surface area contributed by atoms with Gasteiger partial charge >= 0.3 is 0 Å². The zero-order valence-electron chi connectivity index (χ0n) is 16.4. The summed E-state index contributed by atoms with van der Waals surface area (Å²) in [7, 11) is 1.43. The van der Waals surface area contributed by atoms with Crippen LogP contribution in [0.15, 0.2) is 47.7 Å². The average molecular weight is 432 g/mol. The Balaban J connectivity index is 1.72.